The Balaban J connectivity index is 2.14. The Labute approximate surface area is 141 Å². The van der Waals surface area contributed by atoms with E-state index in [1.807, 2.05) is 36.4 Å². The van der Waals surface area contributed by atoms with Crippen LogP contribution in [0.2, 0.25) is 0 Å². The highest BCUT2D eigenvalue weighted by Crippen LogP contribution is 2.22. The molecule has 0 amide bonds. The van der Waals surface area contributed by atoms with Gasteiger partial charge < -0.3 is 4.74 Å². The zero-order chi connectivity index (χ0) is 17.1. The van der Waals surface area contributed by atoms with Crippen LogP contribution in [0, 0.1) is 5.92 Å². The Hall–Kier alpha value is -2.69. The van der Waals surface area contributed by atoms with Crippen molar-refractivity contribution in [2.75, 3.05) is 6.61 Å². The maximum atomic E-state index is 12.0. The second kappa shape index (κ2) is 6.83. The lowest BCUT2D eigenvalue weighted by Crippen LogP contribution is -2.08. The zero-order valence-corrected chi connectivity index (χ0v) is 14.2. The van der Waals surface area contributed by atoms with Crippen molar-refractivity contribution in [2.24, 2.45) is 5.92 Å². The fraction of sp³-hybridized carbons (Fsp3) is 0.316. The second-order valence-corrected chi connectivity index (χ2v) is 6.12. The number of ether oxygens (including phenoxy) is 1. The van der Waals surface area contributed by atoms with E-state index in [0.29, 0.717) is 23.9 Å². The first kappa shape index (κ1) is 16.2. The van der Waals surface area contributed by atoms with Gasteiger partial charge in [0.25, 0.3) is 0 Å². The summed E-state index contributed by atoms with van der Waals surface area (Å²) in [5.41, 5.74) is 3.91. The highest BCUT2D eigenvalue weighted by atomic mass is 16.5. The molecule has 124 valence electrons. The van der Waals surface area contributed by atoms with E-state index in [-0.39, 0.29) is 0 Å². The van der Waals surface area contributed by atoms with Crippen LogP contribution in [0.5, 0.6) is 0 Å². The SMILES string of the molecule is CCOC(=O)c1cc2nc(-c3ccccc3)cc(CC(C)C)n2n1. The van der Waals surface area contributed by atoms with Crippen LogP contribution in [0.4, 0.5) is 0 Å². The van der Waals surface area contributed by atoms with Gasteiger partial charge in [-0.05, 0) is 25.3 Å². The number of hydrogen-bond acceptors (Lipinski definition) is 4. The van der Waals surface area contributed by atoms with Gasteiger partial charge in [-0.25, -0.2) is 14.3 Å². The highest BCUT2D eigenvalue weighted by Gasteiger charge is 2.16. The third-order valence-electron chi connectivity index (χ3n) is 3.67. The van der Waals surface area contributed by atoms with Crippen LogP contribution in [0.1, 0.15) is 37.0 Å². The van der Waals surface area contributed by atoms with Gasteiger partial charge in [-0.15, -0.1) is 0 Å². The number of carbonyl (C=O) groups excluding carboxylic acids is 1. The maximum Gasteiger partial charge on any atom is 0.358 e. The molecule has 0 saturated heterocycles. The summed E-state index contributed by atoms with van der Waals surface area (Å²) >= 11 is 0. The molecule has 0 bridgehead atoms. The lowest BCUT2D eigenvalue weighted by Gasteiger charge is -2.10. The standard InChI is InChI=1S/C19H21N3O2/c1-4-24-19(23)17-12-18-20-16(14-8-6-5-7-9-14)11-15(10-13(2)3)22(18)21-17/h5-9,11-13H,4,10H2,1-3H3. The van der Waals surface area contributed by atoms with Crippen molar-refractivity contribution in [3.05, 3.63) is 53.9 Å². The normalized spacial score (nSPS) is 11.2. The Kier molecular flexibility index (Phi) is 4.60. The number of aromatic nitrogens is 3. The first-order chi connectivity index (χ1) is 11.6. The molecule has 2 aromatic heterocycles. The summed E-state index contributed by atoms with van der Waals surface area (Å²) in [6.45, 7) is 6.42. The number of hydrogen-bond donors (Lipinski definition) is 0. The molecule has 0 N–H and O–H groups in total. The van der Waals surface area contributed by atoms with E-state index in [0.717, 1.165) is 23.4 Å². The Morgan fingerprint density at radius 1 is 1.21 bits per heavy atom. The van der Waals surface area contributed by atoms with Gasteiger partial charge in [-0.3, -0.25) is 0 Å². The molecule has 0 aliphatic carbocycles. The van der Waals surface area contributed by atoms with Gasteiger partial charge >= 0.3 is 5.97 Å². The van der Waals surface area contributed by atoms with E-state index < -0.39 is 5.97 Å². The molecule has 3 aromatic rings. The summed E-state index contributed by atoms with van der Waals surface area (Å²) < 4.78 is 6.80. The Bertz CT molecular complexity index is 854. The molecule has 0 fully saturated rings. The first-order valence-electron chi connectivity index (χ1n) is 8.20. The van der Waals surface area contributed by atoms with Gasteiger partial charge in [0.05, 0.1) is 12.3 Å². The third kappa shape index (κ3) is 3.30. The number of fused-ring (bicyclic) bond motifs is 1. The van der Waals surface area contributed by atoms with Crippen molar-refractivity contribution in [1.82, 2.24) is 14.6 Å². The van der Waals surface area contributed by atoms with Crippen molar-refractivity contribution >= 4 is 11.6 Å². The second-order valence-electron chi connectivity index (χ2n) is 6.12. The lowest BCUT2D eigenvalue weighted by molar-refractivity contribution is 0.0519. The highest BCUT2D eigenvalue weighted by molar-refractivity contribution is 5.88. The third-order valence-corrected chi connectivity index (χ3v) is 3.67. The number of rotatable bonds is 5. The molecule has 0 unspecified atom stereocenters. The molecular weight excluding hydrogens is 302 g/mol. The predicted octanol–water partition coefficient (Wildman–Crippen LogP) is 3.77. The molecule has 0 saturated carbocycles. The van der Waals surface area contributed by atoms with Gasteiger partial charge in [0.1, 0.15) is 0 Å². The first-order valence-corrected chi connectivity index (χ1v) is 8.20. The average molecular weight is 323 g/mol. The molecule has 1 aromatic carbocycles. The van der Waals surface area contributed by atoms with E-state index in [4.69, 9.17) is 4.74 Å². The van der Waals surface area contributed by atoms with Crippen LogP contribution in [-0.4, -0.2) is 27.2 Å². The van der Waals surface area contributed by atoms with Crippen molar-refractivity contribution in [3.8, 4) is 11.3 Å². The van der Waals surface area contributed by atoms with Crippen molar-refractivity contribution in [2.45, 2.75) is 27.2 Å². The van der Waals surface area contributed by atoms with Gasteiger partial charge in [0.2, 0.25) is 0 Å². The lowest BCUT2D eigenvalue weighted by atomic mass is 10.1. The smallest absolute Gasteiger partial charge is 0.358 e. The minimum absolute atomic E-state index is 0.291. The molecular formula is C19H21N3O2. The fourth-order valence-corrected chi connectivity index (χ4v) is 2.66. The van der Waals surface area contributed by atoms with Crippen LogP contribution in [0.15, 0.2) is 42.5 Å². The van der Waals surface area contributed by atoms with Gasteiger partial charge in [0, 0.05) is 17.3 Å². The van der Waals surface area contributed by atoms with E-state index in [9.17, 15) is 4.79 Å². The number of nitrogens with zero attached hydrogens (tertiary/aromatic N) is 3. The van der Waals surface area contributed by atoms with E-state index in [1.54, 1.807) is 17.5 Å². The monoisotopic (exact) mass is 323 g/mol. The summed E-state index contributed by atoms with van der Waals surface area (Å²) in [7, 11) is 0. The quantitative estimate of drug-likeness (QED) is 0.671. The molecule has 3 rings (SSSR count). The topological polar surface area (TPSA) is 56.5 Å². The van der Waals surface area contributed by atoms with E-state index >= 15 is 0 Å². The van der Waals surface area contributed by atoms with Crippen LogP contribution in [0.25, 0.3) is 16.9 Å². The van der Waals surface area contributed by atoms with E-state index in [2.05, 4.69) is 23.9 Å². The minimum atomic E-state index is -0.417. The van der Waals surface area contributed by atoms with Gasteiger partial charge in [-0.2, -0.15) is 5.10 Å². The van der Waals surface area contributed by atoms with Gasteiger partial charge in [-0.1, -0.05) is 44.2 Å². The molecule has 5 heteroatoms. The summed E-state index contributed by atoms with van der Waals surface area (Å²) in [6, 6.07) is 13.8. The summed E-state index contributed by atoms with van der Waals surface area (Å²) in [6.07, 6.45) is 0.850. The number of benzene rings is 1. The molecule has 0 atom stereocenters. The summed E-state index contributed by atoms with van der Waals surface area (Å²) in [5, 5.41) is 4.40. The van der Waals surface area contributed by atoms with Crippen LogP contribution in [-0.2, 0) is 11.2 Å². The number of carbonyl (C=O) groups is 1. The largest absolute Gasteiger partial charge is 0.461 e. The molecule has 5 nitrogen and oxygen atoms in total. The summed E-state index contributed by atoms with van der Waals surface area (Å²) in [4.78, 5) is 16.6. The summed E-state index contributed by atoms with van der Waals surface area (Å²) in [5.74, 6) is 0.0502. The van der Waals surface area contributed by atoms with Crippen molar-refractivity contribution in [3.63, 3.8) is 0 Å². The van der Waals surface area contributed by atoms with Crippen molar-refractivity contribution in [1.29, 1.82) is 0 Å². The fourth-order valence-electron chi connectivity index (χ4n) is 2.66. The zero-order valence-electron chi connectivity index (χ0n) is 14.2. The molecule has 24 heavy (non-hydrogen) atoms. The molecule has 0 radical (unpaired) electrons. The Morgan fingerprint density at radius 3 is 2.62 bits per heavy atom. The van der Waals surface area contributed by atoms with Crippen LogP contribution < -0.4 is 0 Å². The molecule has 0 spiro atoms. The molecule has 2 heterocycles. The maximum absolute atomic E-state index is 12.0. The van der Waals surface area contributed by atoms with Crippen LogP contribution >= 0.6 is 0 Å². The Morgan fingerprint density at radius 2 is 1.96 bits per heavy atom. The van der Waals surface area contributed by atoms with E-state index in [1.165, 1.54) is 0 Å². The number of esters is 1. The van der Waals surface area contributed by atoms with Crippen LogP contribution in [0.3, 0.4) is 0 Å². The van der Waals surface area contributed by atoms with Gasteiger partial charge in [0.15, 0.2) is 11.3 Å². The minimum Gasteiger partial charge on any atom is -0.461 e. The molecule has 0 aliphatic rings. The average Bonchev–Trinajstić information content (AvgIpc) is 3.00. The predicted molar refractivity (Wildman–Crippen MR) is 92.9 cm³/mol. The van der Waals surface area contributed by atoms with Crippen molar-refractivity contribution < 1.29 is 9.53 Å². The molecule has 0 aliphatic heterocycles.